The fourth-order valence-electron chi connectivity index (χ4n) is 3.44. The number of sulfone groups is 1. The summed E-state index contributed by atoms with van der Waals surface area (Å²) < 4.78 is 49.2. The second-order valence-corrected chi connectivity index (χ2v) is 9.58. The summed E-state index contributed by atoms with van der Waals surface area (Å²) in [6.07, 6.45) is 5.67. The number of rotatable bonds is 6. The molecule has 1 aliphatic heterocycles. The highest BCUT2D eigenvalue weighted by atomic mass is 32.2. The van der Waals surface area contributed by atoms with Crippen LogP contribution in [-0.4, -0.2) is 48.8 Å². The minimum atomic E-state index is -3.52. The van der Waals surface area contributed by atoms with Gasteiger partial charge in [-0.15, -0.1) is 0 Å². The number of benzene rings is 1. The van der Waals surface area contributed by atoms with Gasteiger partial charge in [-0.05, 0) is 37.3 Å². The lowest BCUT2D eigenvalue weighted by Crippen LogP contribution is -2.38. The Morgan fingerprint density at radius 1 is 1.06 bits per heavy atom. The molecule has 168 valence electrons. The first-order valence-corrected chi connectivity index (χ1v) is 12.0. The molecule has 3 heterocycles. The Balaban J connectivity index is 1.43. The smallest absolute Gasteiger partial charge is 0.229 e. The normalized spacial score (nSPS) is 14.9. The third kappa shape index (κ3) is 4.96. The maximum absolute atomic E-state index is 14.4. The first-order valence-electron chi connectivity index (χ1n) is 10.1. The summed E-state index contributed by atoms with van der Waals surface area (Å²) in [7, 11) is -3.52. The summed E-state index contributed by atoms with van der Waals surface area (Å²) in [6.45, 7) is 3.36. The van der Waals surface area contributed by atoms with Crippen LogP contribution in [0.2, 0.25) is 0 Å². The van der Waals surface area contributed by atoms with E-state index in [-0.39, 0.29) is 22.6 Å². The Bertz CT molecular complexity index is 1200. The molecule has 0 N–H and O–H groups in total. The van der Waals surface area contributed by atoms with Crippen LogP contribution in [-0.2, 0) is 9.84 Å². The van der Waals surface area contributed by atoms with Crippen molar-refractivity contribution in [3.05, 3.63) is 60.3 Å². The zero-order valence-electron chi connectivity index (χ0n) is 17.7. The molecule has 10 heteroatoms. The van der Waals surface area contributed by atoms with Gasteiger partial charge in [-0.1, -0.05) is 6.07 Å². The standard InChI is InChI=1S/C22H23FN4O4S/c1-15-21(30-16-8-11-27(12-9-16)20-5-3-4-10-24-20)25-14-26-22(15)31-19-7-6-17(13-18(19)23)32(2,28)29/h3-7,10,13-14,16H,8-9,11-12H2,1-2H3. The lowest BCUT2D eigenvalue weighted by molar-refractivity contribution is 0.161. The second kappa shape index (κ2) is 9.07. The summed E-state index contributed by atoms with van der Waals surface area (Å²) in [5.41, 5.74) is 0.534. The molecule has 1 saturated heterocycles. The average Bonchev–Trinajstić information content (AvgIpc) is 2.78. The van der Waals surface area contributed by atoms with Crippen LogP contribution in [0, 0.1) is 12.7 Å². The number of anilines is 1. The van der Waals surface area contributed by atoms with E-state index in [1.807, 2.05) is 18.2 Å². The SMILES string of the molecule is Cc1c(Oc2ccc(S(C)(=O)=O)cc2F)ncnc1OC1CCN(c2ccccn2)CC1. The summed E-state index contributed by atoms with van der Waals surface area (Å²) in [5, 5.41) is 0. The van der Waals surface area contributed by atoms with E-state index in [2.05, 4.69) is 19.9 Å². The van der Waals surface area contributed by atoms with E-state index in [4.69, 9.17) is 9.47 Å². The lowest BCUT2D eigenvalue weighted by atomic mass is 10.1. The van der Waals surface area contributed by atoms with E-state index in [0.29, 0.717) is 11.4 Å². The lowest BCUT2D eigenvalue weighted by Gasteiger charge is -2.32. The second-order valence-electron chi connectivity index (χ2n) is 7.57. The molecule has 0 atom stereocenters. The van der Waals surface area contributed by atoms with Gasteiger partial charge in [0.05, 0.1) is 10.5 Å². The van der Waals surface area contributed by atoms with Crippen molar-refractivity contribution in [1.29, 1.82) is 0 Å². The highest BCUT2D eigenvalue weighted by molar-refractivity contribution is 7.90. The van der Waals surface area contributed by atoms with Crippen molar-refractivity contribution in [2.24, 2.45) is 0 Å². The number of halogens is 1. The predicted octanol–water partition coefficient (Wildman–Crippen LogP) is 3.56. The van der Waals surface area contributed by atoms with Crippen molar-refractivity contribution in [1.82, 2.24) is 15.0 Å². The highest BCUT2D eigenvalue weighted by Gasteiger charge is 2.23. The first-order chi connectivity index (χ1) is 15.3. The van der Waals surface area contributed by atoms with Gasteiger partial charge in [-0.25, -0.2) is 27.8 Å². The minimum Gasteiger partial charge on any atom is -0.474 e. The van der Waals surface area contributed by atoms with Crippen LogP contribution >= 0.6 is 0 Å². The largest absolute Gasteiger partial charge is 0.474 e. The van der Waals surface area contributed by atoms with Gasteiger partial charge in [0.25, 0.3) is 0 Å². The number of nitrogens with zero attached hydrogens (tertiary/aromatic N) is 4. The third-order valence-corrected chi connectivity index (χ3v) is 6.33. The van der Waals surface area contributed by atoms with E-state index >= 15 is 0 Å². The van der Waals surface area contributed by atoms with E-state index in [0.717, 1.165) is 44.1 Å². The van der Waals surface area contributed by atoms with Crippen molar-refractivity contribution < 1.29 is 22.3 Å². The molecule has 0 radical (unpaired) electrons. The quantitative estimate of drug-likeness (QED) is 0.553. The first kappa shape index (κ1) is 21.9. The van der Waals surface area contributed by atoms with E-state index in [9.17, 15) is 12.8 Å². The van der Waals surface area contributed by atoms with Crippen LogP contribution in [0.4, 0.5) is 10.2 Å². The van der Waals surface area contributed by atoms with Gasteiger partial charge in [-0.2, -0.15) is 0 Å². The van der Waals surface area contributed by atoms with E-state index < -0.39 is 15.7 Å². The highest BCUT2D eigenvalue weighted by Crippen LogP contribution is 2.31. The molecule has 1 fully saturated rings. The summed E-state index contributed by atoms with van der Waals surface area (Å²) >= 11 is 0. The van der Waals surface area contributed by atoms with E-state index in [1.54, 1.807) is 13.1 Å². The molecule has 2 aromatic heterocycles. The van der Waals surface area contributed by atoms with Crippen LogP contribution < -0.4 is 14.4 Å². The average molecular weight is 459 g/mol. The van der Waals surface area contributed by atoms with Crippen molar-refractivity contribution in [3.8, 4) is 17.5 Å². The van der Waals surface area contributed by atoms with Gasteiger partial charge < -0.3 is 14.4 Å². The molecule has 0 saturated carbocycles. The fraction of sp³-hybridized carbons (Fsp3) is 0.318. The zero-order valence-corrected chi connectivity index (χ0v) is 18.5. The Labute approximate surface area is 186 Å². The molecule has 0 amide bonds. The molecule has 32 heavy (non-hydrogen) atoms. The molecule has 1 aromatic carbocycles. The fourth-order valence-corrected chi connectivity index (χ4v) is 4.07. The number of aromatic nitrogens is 3. The molecule has 4 rings (SSSR count). The molecular weight excluding hydrogens is 435 g/mol. The maximum atomic E-state index is 14.4. The predicted molar refractivity (Wildman–Crippen MR) is 116 cm³/mol. The molecule has 0 aliphatic carbocycles. The molecule has 3 aromatic rings. The zero-order chi connectivity index (χ0) is 22.7. The Hall–Kier alpha value is -3.27. The van der Waals surface area contributed by atoms with Gasteiger partial charge in [-0.3, -0.25) is 0 Å². The Morgan fingerprint density at radius 3 is 2.47 bits per heavy atom. The topological polar surface area (TPSA) is 94.5 Å². The van der Waals surface area contributed by atoms with Gasteiger partial charge in [0.2, 0.25) is 11.8 Å². The summed E-state index contributed by atoms with van der Waals surface area (Å²) in [6, 6.07) is 9.32. The van der Waals surface area contributed by atoms with Crippen LogP contribution in [0.3, 0.4) is 0 Å². The molecule has 8 nitrogen and oxygen atoms in total. The molecule has 0 unspecified atom stereocenters. The van der Waals surface area contributed by atoms with Gasteiger partial charge >= 0.3 is 0 Å². The van der Waals surface area contributed by atoms with Crippen molar-refractivity contribution in [3.63, 3.8) is 0 Å². The number of hydrogen-bond donors (Lipinski definition) is 0. The monoisotopic (exact) mass is 458 g/mol. The van der Waals surface area contributed by atoms with Crippen LogP contribution in [0.5, 0.6) is 17.5 Å². The molecule has 0 spiro atoms. The Morgan fingerprint density at radius 2 is 1.81 bits per heavy atom. The molecule has 0 bridgehead atoms. The van der Waals surface area contributed by atoms with Gasteiger partial charge in [0, 0.05) is 38.4 Å². The van der Waals surface area contributed by atoms with Crippen molar-refractivity contribution in [2.75, 3.05) is 24.2 Å². The maximum Gasteiger partial charge on any atom is 0.229 e. The number of pyridine rings is 1. The van der Waals surface area contributed by atoms with Crippen molar-refractivity contribution in [2.45, 2.75) is 30.8 Å². The van der Waals surface area contributed by atoms with Crippen molar-refractivity contribution >= 4 is 15.7 Å². The number of piperidine rings is 1. The van der Waals surface area contributed by atoms with Crippen LogP contribution in [0.25, 0.3) is 0 Å². The Kier molecular flexibility index (Phi) is 6.22. The summed E-state index contributed by atoms with van der Waals surface area (Å²) in [5.74, 6) is 0.541. The van der Waals surface area contributed by atoms with E-state index in [1.165, 1.54) is 18.5 Å². The molecule has 1 aliphatic rings. The van der Waals surface area contributed by atoms with Gasteiger partial charge in [0.15, 0.2) is 21.4 Å². The van der Waals surface area contributed by atoms with Gasteiger partial charge in [0.1, 0.15) is 18.2 Å². The van der Waals surface area contributed by atoms with Crippen LogP contribution in [0.15, 0.2) is 53.8 Å². The number of ether oxygens (including phenoxy) is 2. The van der Waals surface area contributed by atoms with Crippen LogP contribution in [0.1, 0.15) is 18.4 Å². The molecular formula is C22H23FN4O4S. The third-order valence-electron chi connectivity index (χ3n) is 5.22. The number of hydrogen-bond acceptors (Lipinski definition) is 8. The summed E-state index contributed by atoms with van der Waals surface area (Å²) in [4.78, 5) is 14.8. The minimum absolute atomic E-state index is 0.0257.